The van der Waals surface area contributed by atoms with Gasteiger partial charge in [-0.15, -0.1) is 16.4 Å². The van der Waals surface area contributed by atoms with Gasteiger partial charge >= 0.3 is 0 Å². The van der Waals surface area contributed by atoms with E-state index in [1.165, 1.54) is 5.56 Å². The minimum Gasteiger partial charge on any atom is -0.311 e. The summed E-state index contributed by atoms with van der Waals surface area (Å²) in [5.74, 6) is 0.0166. The van der Waals surface area contributed by atoms with Crippen LogP contribution in [0.5, 0.6) is 0 Å². The molecule has 1 aromatic heterocycles. The standard InChI is InChI=1S/C32H25BrN4OS/c33-26-18-16-24(17-19-26)29-22-39-32(36(29)21-23-10-4-1-5-11-23)35-34-28-20-30(38)37(27-14-8-3-9-15-27)31(28)25-12-6-2-7-13-25/h1-19,22,31H,20-21H2/b34-28+,35-32-. The highest BCUT2D eigenvalue weighted by Gasteiger charge is 2.39. The second-order valence-corrected chi connectivity index (χ2v) is 11.0. The lowest BCUT2D eigenvalue weighted by Crippen LogP contribution is -2.28. The molecule has 5 nitrogen and oxygen atoms in total. The Hall–Kier alpha value is -4.07. The second-order valence-electron chi connectivity index (χ2n) is 9.26. The number of nitrogens with zero attached hydrogens (tertiary/aromatic N) is 4. The molecule has 1 amide bonds. The Morgan fingerprint density at radius 2 is 1.44 bits per heavy atom. The van der Waals surface area contributed by atoms with Crippen molar-refractivity contribution in [3.05, 3.63) is 141 Å². The second kappa shape index (κ2) is 11.4. The van der Waals surface area contributed by atoms with Crippen LogP contribution in [0.4, 0.5) is 5.69 Å². The van der Waals surface area contributed by atoms with E-state index in [-0.39, 0.29) is 18.4 Å². The van der Waals surface area contributed by atoms with Crippen molar-refractivity contribution in [1.82, 2.24) is 4.57 Å². The molecule has 7 heteroatoms. The van der Waals surface area contributed by atoms with Gasteiger partial charge in [-0.05, 0) is 41.0 Å². The van der Waals surface area contributed by atoms with Crippen molar-refractivity contribution in [2.45, 2.75) is 19.0 Å². The van der Waals surface area contributed by atoms with Crippen molar-refractivity contribution < 1.29 is 4.79 Å². The Morgan fingerprint density at radius 3 is 2.13 bits per heavy atom. The molecule has 1 fully saturated rings. The SMILES string of the molecule is O=C1C/C(=N\N=c2/scc(-c3ccc(Br)cc3)n2Cc2ccccc2)C(c2ccccc2)N1c1ccccc1. The smallest absolute Gasteiger partial charge is 0.233 e. The number of thiazole rings is 1. The van der Waals surface area contributed by atoms with E-state index in [1.54, 1.807) is 11.3 Å². The third-order valence-corrected chi connectivity index (χ3v) is 8.09. The van der Waals surface area contributed by atoms with E-state index in [0.717, 1.165) is 37.5 Å². The molecule has 0 radical (unpaired) electrons. The van der Waals surface area contributed by atoms with Crippen LogP contribution < -0.4 is 9.70 Å². The van der Waals surface area contributed by atoms with E-state index < -0.39 is 0 Å². The predicted octanol–water partition coefficient (Wildman–Crippen LogP) is 7.46. The molecule has 6 rings (SSSR count). The minimum absolute atomic E-state index is 0.0166. The Morgan fingerprint density at radius 1 is 0.795 bits per heavy atom. The van der Waals surface area contributed by atoms with Gasteiger partial charge in [0, 0.05) is 15.5 Å². The fraction of sp³-hybridized carbons (Fsp3) is 0.0938. The van der Waals surface area contributed by atoms with Crippen LogP contribution in [0.25, 0.3) is 11.3 Å². The number of hydrogen-bond donors (Lipinski definition) is 0. The predicted molar refractivity (Wildman–Crippen MR) is 162 cm³/mol. The first-order chi connectivity index (χ1) is 19.2. The number of carbonyl (C=O) groups excluding carboxylic acids is 1. The molecule has 1 atom stereocenters. The quantitative estimate of drug-likeness (QED) is 0.189. The molecule has 0 bridgehead atoms. The number of halogens is 1. The van der Waals surface area contributed by atoms with E-state index in [1.807, 2.05) is 95.9 Å². The maximum atomic E-state index is 13.3. The lowest BCUT2D eigenvalue weighted by molar-refractivity contribution is -0.116. The van der Waals surface area contributed by atoms with Crippen LogP contribution in [0.3, 0.4) is 0 Å². The number of benzene rings is 4. The average Bonchev–Trinajstić information content (AvgIpc) is 3.53. The van der Waals surface area contributed by atoms with Crippen LogP contribution in [-0.2, 0) is 11.3 Å². The molecule has 192 valence electrons. The highest BCUT2D eigenvalue weighted by atomic mass is 79.9. The highest BCUT2D eigenvalue weighted by Crippen LogP contribution is 2.35. The van der Waals surface area contributed by atoms with Gasteiger partial charge < -0.3 is 4.57 Å². The molecule has 0 saturated carbocycles. The Balaban J connectivity index is 1.45. The van der Waals surface area contributed by atoms with Gasteiger partial charge in [0.05, 0.1) is 24.4 Å². The van der Waals surface area contributed by atoms with E-state index in [9.17, 15) is 4.79 Å². The van der Waals surface area contributed by atoms with Crippen molar-refractivity contribution >= 4 is 44.6 Å². The Labute approximate surface area is 239 Å². The average molecular weight is 594 g/mol. The summed E-state index contributed by atoms with van der Waals surface area (Å²) in [6.45, 7) is 0.663. The first kappa shape index (κ1) is 25.2. The normalized spacial score (nSPS) is 16.8. The van der Waals surface area contributed by atoms with Crippen molar-refractivity contribution in [1.29, 1.82) is 0 Å². The summed E-state index contributed by atoms with van der Waals surface area (Å²) in [4.78, 5) is 15.9. The minimum atomic E-state index is -0.307. The topological polar surface area (TPSA) is 50.0 Å². The van der Waals surface area contributed by atoms with E-state index >= 15 is 0 Å². The first-order valence-corrected chi connectivity index (χ1v) is 14.4. The highest BCUT2D eigenvalue weighted by molar-refractivity contribution is 9.10. The molecule has 0 spiro atoms. The number of rotatable bonds is 6. The monoisotopic (exact) mass is 592 g/mol. The molecule has 39 heavy (non-hydrogen) atoms. The number of anilines is 1. The number of amides is 1. The van der Waals surface area contributed by atoms with Crippen molar-refractivity contribution in [3.63, 3.8) is 0 Å². The van der Waals surface area contributed by atoms with Gasteiger partial charge in [0.15, 0.2) is 0 Å². The summed E-state index contributed by atoms with van der Waals surface area (Å²) in [5, 5.41) is 11.7. The fourth-order valence-corrected chi connectivity index (χ4v) is 5.99. The zero-order valence-corrected chi connectivity index (χ0v) is 23.4. The summed E-state index contributed by atoms with van der Waals surface area (Å²) in [6, 6.07) is 38.2. The van der Waals surface area contributed by atoms with Crippen molar-refractivity contribution in [3.8, 4) is 11.3 Å². The van der Waals surface area contributed by atoms with Crippen molar-refractivity contribution in [2.24, 2.45) is 10.2 Å². The zero-order chi connectivity index (χ0) is 26.6. The lowest BCUT2D eigenvalue weighted by Gasteiger charge is -2.25. The summed E-state index contributed by atoms with van der Waals surface area (Å²) in [7, 11) is 0. The van der Waals surface area contributed by atoms with Gasteiger partial charge in [0.1, 0.15) is 6.04 Å². The van der Waals surface area contributed by atoms with Crippen LogP contribution >= 0.6 is 27.3 Å². The maximum absolute atomic E-state index is 13.3. The van der Waals surface area contributed by atoms with Gasteiger partial charge in [-0.25, -0.2) is 0 Å². The molecule has 5 aromatic rings. The van der Waals surface area contributed by atoms with Gasteiger partial charge in [-0.2, -0.15) is 5.10 Å². The summed E-state index contributed by atoms with van der Waals surface area (Å²) in [6.07, 6.45) is 0.224. The van der Waals surface area contributed by atoms with Crippen LogP contribution in [0.15, 0.2) is 135 Å². The van der Waals surface area contributed by atoms with Gasteiger partial charge in [-0.3, -0.25) is 9.69 Å². The Bertz CT molecular complexity index is 1680. The molecule has 1 saturated heterocycles. The number of aromatic nitrogens is 1. The van der Waals surface area contributed by atoms with Gasteiger partial charge in [0.25, 0.3) is 0 Å². The van der Waals surface area contributed by atoms with Crippen LogP contribution in [0.2, 0.25) is 0 Å². The van der Waals surface area contributed by atoms with Crippen LogP contribution in [0, 0.1) is 0 Å². The molecule has 1 aliphatic rings. The summed E-state index contributed by atoms with van der Waals surface area (Å²) < 4.78 is 3.23. The first-order valence-electron chi connectivity index (χ1n) is 12.7. The largest absolute Gasteiger partial charge is 0.311 e. The summed E-state index contributed by atoms with van der Waals surface area (Å²) >= 11 is 5.09. The third kappa shape index (κ3) is 5.41. The molecule has 1 unspecified atom stereocenters. The number of hydrogen-bond acceptors (Lipinski definition) is 4. The van der Waals surface area contributed by atoms with Crippen LogP contribution in [0.1, 0.15) is 23.6 Å². The Kier molecular flexibility index (Phi) is 7.34. The maximum Gasteiger partial charge on any atom is 0.233 e. The fourth-order valence-electron chi connectivity index (χ4n) is 4.86. The van der Waals surface area contributed by atoms with E-state index in [4.69, 9.17) is 10.2 Å². The number of para-hydroxylation sites is 1. The molecule has 0 aliphatic carbocycles. The van der Waals surface area contributed by atoms with Crippen molar-refractivity contribution in [2.75, 3.05) is 4.90 Å². The van der Waals surface area contributed by atoms with Gasteiger partial charge in [-0.1, -0.05) is 107 Å². The lowest BCUT2D eigenvalue weighted by atomic mass is 10.0. The molecule has 0 N–H and O–H groups in total. The number of carbonyl (C=O) groups is 1. The molecule has 2 heterocycles. The molecule has 4 aromatic carbocycles. The van der Waals surface area contributed by atoms with E-state index in [2.05, 4.69) is 50.1 Å². The molecule has 1 aliphatic heterocycles. The van der Waals surface area contributed by atoms with Gasteiger partial charge in [0.2, 0.25) is 10.7 Å². The molecular formula is C32H25BrN4OS. The van der Waals surface area contributed by atoms with Crippen LogP contribution in [-0.4, -0.2) is 16.2 Å². The van der Waals surface area contributed by atoms with E-state index in [0.29, 0.717) is 6.54 Å². The molecular weight excluding hydrogens is 568 g/mol. The third-order valence-electron chi connectivity index (χ3n) is 6.71. The summed E-state index contributed by atoms with van der Waals surface area (Å²) in [5.41, 5.74) is 5.96. The zero-order valence-electron chi connectivity index (χ0n) is 21.0.